The van der Waals surface area contributed by atoms with E-state index < -0.39 is 0 Å². The number of hydrogen-bond acceptors (Lipinski definition) is 2. The van der Waals surface area contributed by atoms with Gasteiger partial charge in [-0.3, -0.25) is 0 Å². The number of thiophene rings is 1. The van der Waals surface area contributed by atoms with Crippen LogP contribution in [-0.4, -0.2) is 29.5 Å². The fourth-order valence-corrected chi connectivity index (χ4v) is 4.67. The molecule has 1 atom stereocenters. The molecule has 0 amide bonds. The predicted molar refractivity (Wildman–Crippen MR) is 93.1 cm³/mol. The van der Waals surface area contributed by atoms with Gasteiger partial charge in [0.15, 0.2) is 0 Å². The Morgan fingerprint density at radius 3 is 2.65 bits per heavy atom. The second-order valence-electron chi connectivity index (χ2n) is 5.09. The first-order chi connectivity index (χ1) is 9.78. The van der Waals surface area contributed by atoms with Crippen LogP contribution in [0.1, 0.15) is 5.56 Å². The first kappa shape index (κ1) is 13.9. The molecule has 104 valence electrons. The van der Waals surface area contributed by atoms with E-state index in [1.165, 1.54) is 31.5 Å². The van der Waals surface area contributed by atoms with E-state index in [1.807, 2.05) is 11.3 Å². The van der Waals surface area contributed by atoms with E-state index in [0.29, 0.717) is 17.5 Å². The molecule has 3 rings (SSSR count). The van der Waals surface area contributed by atoms with Gasteiger partial charge in [0.2, 0.25) is 0 Å². The lowest BCUT2D eigenvalue weighted by Crippen LogP contribution is -2.14. The first-order valence-electron chi connectivity index (χ1n) is 6.88. The zero-order chi connectivity index (χ0) is 13.9. The van der Waals surface area contributed by atoms with E-state index in [9.17, 15) is 0 Å². The van der Waals surface area contributed by atoms with Crippen LogP contribution in [0.15, 0.2) is 42.5 Å². The van der Waals surface area contributed by atoms with E-state index >= 15 is 0 Å². The zero-order valence-electron chi connectivity index (χ0n) is 11.6. The van der Waals surface area contributed by atoms with Gasteiger partial charge in [0.1, 0.15) is 11.5 Å². The number of fused-ring (bicyclic) bond motifs is 3. The van der Waals surface area contributed by atoms with Gasteiger partial charge in [0, 0.05) is 26.6 Å². The first-order valence-corrected chi connectivity index (χ1v) is 9.67. The molecule has 3 heteroatoms. The summed E-state index contributed by atoms with van der Waals surface area (Å²) in [7, 11) is 0.331. The fraction of sp³-hybridized carbons (Fsp3) is 0.294. The molecule has 1 heterocycles. The highest BCUT2D eigenvalue weighted by Gasteiger charge is 2.11. The van der Waals surface area contributed by atoms with Crippen molar-refractivity contribution >= 4 is 42.4 Å². The zero-order valence-corrected chi connectivity index (χ0v) is 13.3. The molecule has 20 heavy (non-hydrogen) atoms. The topological polar surface area (TPSA) is 20.2 Å². The van der Waals surface area contributed by atoms with Gasteiger partial charge in [-0.05, 0) is 34.7 Å². The maximum Gasteiger partial charge on any atom is 0.130 e. The minimum atomic E-state index is 0.313. The summed E-state index contributed by atoms with van der Waals surface area (Å²) < 4.78 is 2.75. The number of hydrogen-bond donors (Lipinski definition) is 1. The minimum absolute atomic E-state index is 0.313. The van der Waals surface area contributed by atoms with Crippen molar-refractivity contribution in [3.63, 3.8) is 0 Å². The maximum absolute atomic E-state index is 8.97. The molecule has 0 aliphatic rings. The Kier molecular flexibility index (Phi) is 4.29. The summed E-state index contributed by atoms with van der Waals surface area (Å²) in [5.41, 5.74) is 1.42. The molecule has 3 aromatic rings. The van der Waals surface area contributed by atoms with Crippen LogP contribution >= 0.6 is 11.3 Å². The molecule has 1 nitrogen and oxygen atoms in total. The summed E-state index contributed by atoms with van der Waals surface area (Å²) >= 11 is 1.87. The van der Waals surface area contributed by atoms with Gasteiger partial charge in [0.25, 0.3) is 0 Å². The SMILES string of the molecule is C[S+](CCO)CCc1ccc2sc3ccccc3c2c1. The summed E-state index contributed by atoms with van der Waals surface area (Å²) in [5.74, 6) is 2.11. The number of aryl methyl sites for hydroxylation is 1. The highest BCUT2D eigenvalue weighted by molar-refractivity contribution is 7.96. The molecular weight excluding hydrogens is 284 g/mol. The third kappa shape index (κ3) is 2.85. The van der Waals surface area contributed by atoms with E-state index in [0.717, 1.165) is 12.2 Å². The summed E-state index contributed by atoms with van der Waals surface area (Å²) in [6.07, 6.45) is 3.36. The molecule has 1 N–H and O–H groups in total. The third-order valence-electron chi connectivity index (χ3n) is 3.62. The van der Waals surface area contributed by atoms with E-state index in [1.54, 1.807) is 0 Å². The molecule has 0 radical (unpaired) electrons. The monoisotopic (exact) mass is 303 g/mol. The highest BCUT2D eigenvalue weighted by atomic mass is 32.2. The average Bonchev–Trinajstić information content (AvgIpc) is 2.83. The molecule has 0 bridgehead atoms. The summed E-state index contributed by atoms with van der Waals surface area (Å²) in [6.45, 7) is 0.313. The van der Waals surface area contributed by atoms with Crippen molar-refractivity contribution in [2.45, 2.75) is 6.42 Å². The Balaban J connectivity index is 1.88. The van der Waals surface area contributed by atoms with Crippen LogP contribution in [0.2, 0.25) is 0 Å². The maximum atomic E-state index is 8.97. The van der Waals surface area contributed by atoms with E-state index in [2.05, 4.69) is 48.7 Å². The van der Waals surface area contributed by atoms with Crippen LogP contribution in [0, 0.1) is 0 Å². The molecule has 0 saturated carbocycles. The van der Waals surface area contributed by atoms with Gasteiger partial charge in [-0.2, -0.15) is 0 Å². The minimum Gasteiger partial charge on any atom is -0.391 e. The van der Waals surface area contributed by atoms with Crippen molar-refractivity contribution in [2.24, 2.45) is 0 Å². The molecule has 0 aliphatic carbocycles. The van der Waals surface area contributed by atoms with Crippen LogP contribution in [0.25, 0.3) is 20.2 Å². The second-order valence-corrected chi connectivity index (χ2v) is 8.56. The van der Waals surface area contributed by atoms with Crippen molar-refractivity contribution in [2.75, 3.05) is 24.4 Å². The van der Waals surface area contributed by atoms with Crippen LogP contribution in [0.3, 0.4) is 0 Å². The Morgan fingerprint density at radius 2 is 1.80 bits per heavy atom. The van der Waals surface area contributed by atoms with Crippen molar-refractivity contribution < 1.29 is 5.11 Å². The lowest BCUT2D eigenvalue weighted by Gasteiger charge is -2.03. The molecule has 1 aromatic heterocycles. The molecule has 0 aliphatic heterocycles. The standard InChI is InChI=1S/C17H19OS2/c1-20(11-9-18)10-8-13-6-7-17-15(12-13)14-4-2-3-5-16(14)19-17/h2-7,12,18H,8-11H2,1H3/q+1. The Hall–Kier alpha value is -1.03. The van der Waals surface area contributed by atoms with Gasteiger partial charge in [-0.1, -0.05) is 24.3 Å². The number of aliphatic hydroxyl groups is 1. The van der Waals surface area contributed by atoms with Crippen molar-refractivity contribution in [3.8, 4) is 0 Å². The number of aliphatic hydroxyl groups excluding tert-OH is 1. The molecule has 0 spiro atoms. The van der Waals surface area contributed by atoms with Crippen molar-refractivity contribution in [1.82, 2.24) is 0 Å². The van der Waals surface area contributed by atoms with Crippen LogP contribution < -0.4 is 0 Å². The predicted octanol–water partition coefficient (Wildman–Crippen LogP) is 3.84. The van der Waals surface area contributed by atoms with Gasteiger partial charge < -0.3 is 5.11 Å². The number of benzene rings is 2. The molecule has 2 aromatic carbocycles. The second kappa shape index (κ2) is 6.17. The van der Waals surface area contributed by atoms with E-state index in [4.69, 9.17) is 5.11 Å². The smallest absolute Gasteiger partial charge is 0.130 e. The van der Waals surface area contributed by atoms with Crippen LogP contribution in [-0.2, 0) is 17.3 Å². The molecule has 0 saturated heterocycles. The Morgan fingerprint density at radius 1 is 1.00 bits per heavy atom. The van der Waals surface area contributed by atoms with E-state index in [-0.39, 0.29) is 0 Å². The normalized spacial score (nSPS) is 13.1. The summed E-state index contributed by atoms with van der Waals surface area (Å²) in [4.78, 5) is 0. The molecular formula is C17H19OS2+. The summed E-state index contributed by atoms with van der Waals surface area (Å²) in [6, 6.07) is 15.5. The lowest BCUT2D eigenvalue weighted by atomic mass is 10.1. The summed E-state index contributed by atoms with van der Waals surface area (Å²) in [5, 5.41) is 11.7. The number of rotatable bonds is 5. The molecule has 1 unspecified atom stereocenters. The van der Waals surface area contributed by atoms with Crippen LogP contribution in [0.5, 0.6) is 0 Å². The largest absolute Gasteiger partial charge is 0.391 e. The Bertz CT molecular complexity index is 717. The average molecular weight is 303 g/mol. The van der Waals surface area contributed by atoms with Gasteiger partial charge in [0.05, 0.1) is 12.9 Å². The lowest BCUT2D eigenvalue weighted by molar-refractivity contribution is 0.322. The Labute approximate surface area is 126 Å². The third-order valence-corrected chi connectivity index (χ3v) is 6.55. The van der Waals surface area contributed by atoms with Crippen molar-refractivity contribution in [1.29, 1.82) is 0 Å². The quantitative estimate of drug-likeness (QED) is 0.710. The van der Waals surface area contributed by atoms with Gasteiger partial charge in [-0.25, -0.2) is 0 Å². The van der Waals surface area contributed by atoms with Crippen molar-refractivity contribution in [3.05, 3.63) is 48.0 Å². The van der Waals surface area contributed by atoms with Crippen LogP contribution in [0.4, 0.5) is 0 Å². The van der Waals surface area contributed by atoms with Gasteiger partial charge >= 0.3 is 0 Å². The highest BCUT2D eigenvalue weighted by Crippen LogP contribution is 2.34. The van der Waals surface area contributed by atoms with Gasteiger partial charge in [-0.15, -0.1) is 11.3 Å². The molecule has 0 fully saturated rings. The fourth-order valence-electron chi connectivity index (χ4n) is 2.48.